The van der Waals surface area contributed by atoms with Crippen LogP contribution in [0.3, 0.4) is 0 Å². The molecule has 0 aromatic rings. The van der Waals surface area contributed by atoms with Gasteiger partial charge in [0.2, 0.25) is 0 Å². The van der Waals surface area contributed by atoms with Gasteiger partial charge in [0.25, 0.3) is 0 Å². The first-order valence-corrected chi connectivity index (χ1v) is 4.09. The van der Waals surface area contributed by atoms with Crippen molar-refractivity contribution in [2.45, 2.75) is 30.9 Å². The van der Waals surface area contributed by atoms with Crippen LogP contribution in [0.4, 0.5) is 0 Å². The molecular formula is C5H11NOS. The van der Waals surface area contributed by atoms with Crippen LogP contribution in [-0.2, 0) is 11.0 Å². The van der Waals surface area contributed by atoms with E-state index in [-0.39, 0.29) is 4.75 Å². The Labute approximate surface area is 52.0 Å². The third-order valence-corrected chi connectivity index (χ3v) is 3.43. The van der Waals surface area contributed by atoms with Gasteiger partial charge in [0, 0.05) is 0 Å². The van der Waals surface area contributed by atoms with Crippen molar-refractivity contribution in [1.82, 2.24) is 0 Å². The Morgan fingerprint density at radius 1 is 1.75 bits per heavy atom. The van der Waals surface area contributed by atoms with Gasteiger partial charge >= 0.3 is 0 Å². The highest BCUT2D eigenvalue weighted by Gasteiger charge is 2.45. The van der Waals surface area contributed by atoms with E-state index in [9.17, 15) is 4.21 Å². The molecule has 0 aliphatic heterocycles. The Kier molecular flexibility index (Phi) is 1.41. The van der Waals surface area contributed by atoms with E-state index in [1.807, 2.05) is 6.92 Å². The number of nitrogens with two attached hydrogens (primary N) is 1. The maximum absolute atomic E-state index is 10.6. The fourth-order valence-electron chi connectivity index (χ4n) is 0.836. The quantitative estimate of drug-likeness (QED) is 0.587. The molecule has 1 unspecified atom stereocenters. The van der Waals surface area contributed by atoms with Crippen molar-refractivity contribution >= 4 is 11.0 Å². The molecule has 0 radical (unpaired) electrons. The van der Waals surface area contributed by atoms with E-state index in [0.29, 0.717) is 0 Å². The lowest BCUT2D eigenvalue weighted by Gasteiger charge is -2.04. The molecule has 0 spiro atoms. The molecule has 0 saturated heterocycles. The second kappa shape index (κ2) is 1.81. The van der Waals surface area contributed by atoms with Crippen LogP contribution in [0.1, 0.15) is 26.2 Å². The molecule has 1 saturated carbocycles. The highest BCUT2D eigenvalue weighted by atomic mass is 32.2. The maximum Gasteiger partial charge on any atom is 0.0951 e. The van der Waals surface area contributed by atoms with Crippen LogP contribution in [0.25, 0.3) is 0 Å². The molecule has 1 atom stereocenters. The van der Waals surface area contributed by atoms with Crippen LogP contribution in [-0.4, -0.2) is 8.96 Å². The standard InChI is InChI=1S/C5H11NOS/c1-2-5(3-4-5)8(6)7/h2-4,6H2,1H3. The monoisotopic (exact) mass is 133 g/mol. The van der Waals surface area contributed by atoms with Crippen molar-refractivity contribution in [2.24, 2.45) is 5.14 Å². The second-order valence-corrected chi connectivity index (χ2v) is 3.79. The Balaban J connectivity index is 2.53. The molecule has 0 aromatic carbocycles. The Morgan fingerprint density at radius 3 is 2.25 bits per heavy atom. The lowest BCUT2D eigenvalue weighted by molar-refractivity contribution is 0.664. The van der Waals surface area contributed by atoms with Crippen molar-refractivity contribution in [3.8, 4) is 0 Å². The molecule has 1 aliphatic carbocycles. The molecule has 0 aromatic heterocycles. The van der Waals surface area contributed by atoms with E-state index in [4.69, 9.17) is 5.14 Å². The fraction of sp³-hybridized carbons (Fsp3) is 1.00. The first-order chi connectivity index (χ1) is 3.71. The minimum Gasteiger partial charge on any atom is -0.251 e. The molecule has 1 aliphatic rings. The van der Waals surface area contributed by atoms with E-state index in [1.54, 1.807) is 0 Å². The lowest BCUT2D eigenvalue weighted by atomic mass is 10.3. The van der Waals surface area contributed by atoms with Crippen molar-refractivity contribution in [1.29, 1.82) is 0 Å². The molecule has 1 rings (SSSR count). The summed E-state index contributed by atoms with van der Waals surface area (Å²) in [5.41, 5.74) is 0. The van der Waals surface area contributed by atoms with Crippen LogP contribution in [0.2, 0.25) is 0 Å². The second-order valence-electron chi connectivity index (χ2n) is 2.33. The zero-order valence-electron chi connectivity index (χ0n) is 5.02. The van der Waals surface area contributed by atoms with E-state index in [1.165, 1.54) is 0 Å². The summed E-state index contributed by atoms with van der Waals surface area (Å²) >= 11 is 0. The minimum absolute atomic E-state index is 0.0417. The summed E-state index contributed by atoms with van der Waals surface area (Å²) in [6, 6.07) is 0. The predicted octanol–water partition coefficient (Wildman–Crippen LogP) is 0.551. The van der Waals surface area contributed by atoms with Gasteiger partial charge in [-0.1, -0.05) is 6.92 Å². The van der Waals surface area contributed by atoms with E-state index >= 15 is 0 Å². The molecule has 48 valence electrons. The average molecular weight is 133 g/mol. The van der Waals surface area contributed by atoms with Crippen LogP contribution in [0, 0.1) is 0 Å². The summed E-state index contributed by atoms with van der Waals surface area (Å²) in [4.78, 5) is 0. The zero-order valence-corrected chi connectivity index (χ0v) is 5.83. The van der Waals surface area contributed by atoms with E-state index in [2.05, 4.69) is 0 Å². The van der Waals surface area contributed by atoms with Gasteiger partial charge in [0.05, 0.1) is 15.7 Å². The van der Waals surface area contributed by atoms with Gasteiger partial charge in [-0.2, -0.15) is 0 Å². The van der Waals surface area contributed by atoms with Crippen LogP contribution in [0.5, 0.6) is 0 Å². The van der Waals surface area contributed by atoms with Gasteiger partial charge in [-0.3, -0.25) is 5.14 Å². The molecule has 2 nitrogen and oxygen atoms in total. The largest absolute Gasteiger partial charge is 0.251 e. The Bertz CT molecular complexity index is 120. The third-order valence-electron chi connectivity index (χ3n) is 1.88. The molecule has 1 fully saturated rings. The summed E-state index contributed by atoms with van der Waals surface area (Å²) in [7, 11) is -1.06. The van der Waals surface area contributed by atoms with Crippen LogP contribution >= 0.6 is 0 Å². The molecule has 0 amide bonds. The fourth-order valence-corrected chi connectivity index (χ4v) is 1.63. The lowest BCUT2D eigenvalue weighted by Crippen LogP contribution is -2.21. The van der Waals surface area contributed by atoms with Crippen LogP contribution < -0.4 is 5.14 Å². The number of rotatable bonds is 2. The van der Waals surface area contributed by atoms with Gasteiger partial charge < -0.3 is 0 Å². The first kappa shape index (κ1) is 6.23. The summed E-state index contributed by atoms with van der Waals surface area (Å²) in [6.45, 7) is 2.04. The van der Waals surface area contributed by atoms with Crippen molar-refractivity contribution in [2.75, 3.05) is 0 Å². The molecule has 0 bridgehead atoms. The smallest absolute Gasteiger partial charge is 0.0951 e. The zero-order chi connectivity index (χ0) is 6.20. The van der Waals surface area contributed by atoms with E-state index < -0.39 is 11.0 Å². The van der Waals surface area contributed by atoms with Gasteiger partial charge in [0.15, 0.2) is 0 Å². The molecule has 3 heteroatoms. The topological polar surface area (TPSA) is 43.1 Å². The van der Waals surface area contributed by atoms with Gasteiger partial charge in [-0.05, 0) is 19.3 Å². The summed E-state index contributed by atoms with van der Waals surface area (Å²) < 4.78 is 10.7. The van der Waals surface area contributed by atoms with Crippen molar-refractivity contribution in [3.63, 3.8) is 0 Å². The minimum atomic E-state index is -1.06. The first-order valence-electron chi connectivity index (χ1n) is 2.87. The predicted molar refractivity (Wildman–Crippen MR) is 34.6 cm³/mol. The molecule has 8 heavy (non-hydrogen) atoms. The van der Waals surface area contributed by atoms with Gasteiger partial charge in [-0.25, -0.2) is 4.21 Å². The SMILES string of the molecule is CCC1(S(N)=O)CC1. The summed E-state index contributed by atoms with van der Waals surface area (Å²) in [5, 5.41) is 5.22. The molecule has 0 heterocycles. The average Bonchev–Trinajstić information content (AvgIpc) is 2.44. The van der Waals surface area contributed by atoms with Crippen molar-refractivity contribution in [3.05, 3.63) is 0 Å². The maximum atomic E-state index is 10.6. The van der Waals surface area contributed by atoms with Crippen LogP contribution in [0.15, 0.2) is 0 Å². The summed E-state index contributed by atoms with van der Waals surface area (Å²) in [6.07, 6.45) is 3.09. The number of hydrogen-bond donors (Lipinski definition) is 1. The molecular weight excluding hydrogens is 122 g/mol. The van der Waals surface area contributed by atoms with Gasteiger partial charge in [0.1, 0.15) is 0 Å². The Hall–Kier alpha value is 0.110. The third kappa shape index (κ3) is 0.801. The summed E-state index contributed by atoms with van der Waals surface area (Å²) in [5.74, 6) is 0. The number of hydrogen-bond acceptors (Lipinski definition) is 1. The van der Waals surface area contributed by atoms with Gasteiger partial charge in [-0.15, -0.1) is 0 Å². The Morgan fingerprint density at radius 2 is 2.25 bits per heavy atom. The highest BCUT2D eigenvalue weighted by Crippen LogP contribution is 2.42. The normalized spacial score (nSPS) is 27.2. The van der Waals surface area contributed by atoms with E-state index in [0.717, 1.165) is 19.3 Å². The molecule has 2 N–H and O–H groups in total. The highest BCUT2D eigenvalue weighted by molar-refractivity contribution is 7.84. The van der Waals surface area contributed by atoms with Crippen molar-refractivity contribution < 1.29 is 4.21 Å².